The van der Waals surface area contributed by atoms with Crippen LogP contribution >= 0.6 is 0 Å². The fraction of sp³-hybridized carbons (Fsp3) is 0.125. The average Bonchev–Trinajstić information content (AvgIpc) is 1.99. The summed E-state index contributed by atoms with van der Waals surface area (Å²) in [5.41, 5.74) is 4.38. The Labute approximate surface area is 81.4 Å². The Kier molecular flexibility index (Phi) is 2.83. The predicted molar refractivity (Wildman–Crippen MR) is 41.6 cm³/mol. The molecule has 1 amide bonds. The second kappa shape index (κ2) is 3.76. The molecule has 0 bridgehead atoms. The zero-order valence-corrected chi connectivity index (χ0v) is 7.14. The van der Waals surface area contributed by atoms with E-state index in [0.29, 0.717) is 18.2 Å². The van der Waals surface area contributed by atoms with Gasteiger partial charge in [-0.3, -0.25) is 4.79 Å². The van der Waals surface area contributed by atoms with Gasteiger partial charge >= 0.3 is 6.36 Å². The van der Waals surface area contributed by atoms with Crippen molar-refractivity contribution >= 4 is 5.91 Å². The molecule has 0 aliphatic carbocycles. The Morgan fingerprint density at radius 2 is 1.87 bits per heavy atom. The summed E-state index contributed by atoms with van der Waals surface area (Å²) in [6, 6.07) is 1.92. The van der Waals surface area contributed by atoms with E-state index in [1.165, 1.54) is 0 Å². The number of nitrogens with two attached hydrogens (primary N) is 1. The molecular formula is C8H5F4NO2. The molecule has 2 N–H and O–H groups in total. The maximum atomic E-state index is 12.7. The topological polar surface area (TPSA) is 52.3 Å². The van der Waals surface area contributed by atoms with E-state index in [0.717, 1.165) is 0 Å². The Morgan fingerprint density at radius 1 is 1.27 bits per heavy atom. The normalized spacial score (nSPS) is 11.2. The molecule has 0 saturated carbocycles. The van der Waals surface area contributed by atoms with Gasteiger partial charge in [-0.15, -0.1) is 13.2 Å². The van der Waals surface area contributed by atoms with Crippen molar-refractivity contribution in [3.63, 3.8) is 0 Å². The van der Waals surface area contributed by atoms with Gasteiger partial charge < -0.3 is 10.5 Å². The predicted octanol–water partition coefficient (Wildman–Crippen LogP) is 1.82. The van der Waals surface area contributed by atoms with Crippen molar-refractivity contribution in [3.8, 4) is 5.75 Å². The summed E-state index contributed by atoms with van der Waals surface area (Å²) in [6.07, 6.45) is -4.94. The molecule has 0 spiro atoms. The lowest BCUT2D eigenvalue weighted by Gasteiger charge is -2.09. The molecule has 0 radical (unpaired) electrons. The van der Waals surface area contributed by atoms with Crippen LogP contribution in [-0.2, 0) is 0 Å². The van der Waals surface area contributed by atoms with Gasteiger partial charge in [-0.1, -0.05) is 0 Å². The number of hydrogen-bond donors (Lipinski definition) is 1. The van der Waals surface area contributed by atoms with Crippen molar-refractivity contribution < 1.29 is 27.1 Å². The number of hydrogen-bond acceptors (Lipinski definition) is 2. The first-order valence-electron chi connectivity index (χ1n) is 3.64. The zero-order valence-electron chi connectivity index (χ0n) is 7.14. The Hall–Kier alpha value is -1.79. The molecule has 0 saturated heterocycles. The molecular weight excluding hydrogens is 218 g/mol. The van der Waals surface area contributed by atoms with Crippen LogP contribution in [-0.4, -0.2) is 12.3 Å². The van der Waals surface area contributed by atoms with E-state index in [1.807, 2.05) is 0 Å². The van der Waals surface area contributed by atoms with Crippen LogP contribution in [0.1, 0.15) is 10.4 Å². The molecule has 0 fully saturated rings. The number of carbonyl (C=O) groups is 1. The van der Waals surface area contributed by atoms with Crippen molar-refractivity contribution in [1.29, 1.82) is 0 Å². The molecule has 0 atom stereocenters. The van der Waals surface area contributed by atoms with Crippen molar-refractivity contribution in [2.75, 3.05) is 0 Å². The summed E-state index contributed by atoms with van der Waals surface area (Å²) in [6.45, 7) is 0. The minimum atomic E-state index is -4.94. The summed E-state index contributed by atoms with van der Waals surface area (Å²) < 4.78 is 51.4. The minimum absolute atomic E-state index is 0.394. The van der Waals surface area contributed by atoms with Gasteiger partial charge in [-0.25, -0.2) is 4.39 Å². The van der Waals surface area contributed by atoms with E-state index < -0.39 is 29.4 Å². The van der Waals surface area contributed by atoms with Gasteiger partial charge in [0.1, 0.15) is 11.6 Å². The quantitative estimate of drug-likeness (QED) is 0.777. The molecule has 0 aromatic heterocycles. The first-order valence-corrected chi connectivity index (χ1v) is 3.64. The molecule has 3 nitrogen and oxygen atoms in total. The number of alkyl halides is 3. The van der Waals surface area contributed by atoms with Crippen LogP contribution < -0.4 is 10.5 Å². The van der Waals surface area contributed by atoms with E-state index >= 15 is 0 Å². The molecule has 7 heteroatoms. The highest BCUT2D eigenvalue weighted by molar-refractivity contribution is 5.93. The lowest BCUT2D eigenvalue weighted by atomic mass is 10.2. The Balaban J connectivity index is 3.04. The number of carbonyl (C=O) groups excluding carboxylic acids is 1. The second-order valence-electron chi connectivity index (χ2n) is 2.59. The van der Waals surface area contributed by atoms with Gasteiger partial charge in [0, 0.05) is 11.6 Å². The molecule has 1 rings (SSSR count). The van der Waals surface area contributed by atoms with E-state index in [2.05, 4.69) is 4.74 Å². The number of halogens is 4. The molecule has 1 aromatic carbocycles. The third-order valence-corrected chi connectivity index (χ3v) is 1.39. The van der Waals surface area contributed by atoms with Gasteiger partial charge in [-0.2, -0.15) is 0 Å². The van der Waals surface area contributed by atoms with E-state index in [1.54, 1.807) is 0 Å². The summed E-state index contributed by atoms with van der Waals surface area (Å²) in [7, 11) is 0. The summed E-state index contributed by atoms with van der Waals surface area (Å²) >= 11 is 0. The molecule has 82 valence electrons. The molecule has 0 aliphatic heterocycles. The third-order valence-electron chi connectivity index (χ3n) is 1.39. The average molecular weight is 223 g/mol. The van der Waals surface area contributed by atoms with E-state index in [4.69, 9.17) is 5.73 Å². The van der Waals surface area contributed by atoms with Gasteiger partial charge in [0.05, 0.1) is 0 Å². The van der Waals surface area contributed by atoms with Crippen LogP contribution in [0.4, 0.5) is 17.6 Å². The van der Waals surface area contributed by atoms with Crippen LogP contribution in [0.5, 0.6) is 5.75 Å². The number of benzene rings is 1. The highest BCUT2D eigenvalue weighted by atomic mass is 19.4. The van der Waals surface area contributed by atoms with E-state index in [-0.39, 0.29) is 0 Å². The SMILES string of the molecule is NC(=O)c1cc(F)cc(OC(F)(F)F)c1. The second-order valence-corrected chi connectivity index (χ2v) is 2.59. The number of rotatable bonds is 2. The van der Waals surface area contributed by atoms with Crippen LogP contribution in [0, 0.1) is 5.82 Å². The van der Waals surface area contributed by atoms with Crippen molar-refractivity contribution in [2.45, 2.75) is 6.36 Å². The zero-order chi connectivity index (χ0) is 11.6. The summed E-state index contributed by atoms with van der Waals surface area (Å²) in [4.78, 5) is 10.6. The first kappa shape index (κ1) is 11.3. The fourth-order valence-electron chi connectivity index (χ4n) is 0.898. The number of ether oxygens (including phenoxy) is 1. The summed E-state index contributed by atoms with van der Waals surface area (Å²) in [5.74, 6) is -2.90. The van der Waals surface area contributed by atoms with Crippen molar-refractivity contribution in [2.24, 2.45) is 5.73 Å². The Morgan fingerprint density at radius 3 is 2.33 bits per heavy atom. The number of amides is 1. The van der Waals surface area contributed by atoms with Crippen LogP contribution in [0.3, 0.4) is 0 Å². The molecule has 15 heavy (non-hydrogen) atoms. The first-order chi connectivity index (χ1) is 6.78. The van der Waals surface area contributed by atoms with Gasteiger partial charge in [0.25, 0.3) is 0 Å². The van der Waals surface area contributed by atoms with Crippen LogP contribution in [0.25, 0.3) is 0 Å². The largest absolute Gasteiger partial charge is 0.573 e. The van der Waals surface area contributed by atoms with Crippen LogP contribution in [0.2, 0.25) is 0 Å². The molecule has 0 aliphatic rings. The number of primary amides is 1. The molecule has 0 unspecified atom stereocenters. The minimum Gasteiger partial charge on any atom is -0.406 e. The molecule has 1 aromatic rings. The summed E-state index contributed by atoms with van der Waals surface area (Å²) in [5, 5.41) is 0. The maximum Gasteiger partial charge on any atom is 0.573 e. The lowest BCUT2D eigenvalue weighted by Crippen LogP contribution is -2.18. The van der Waals surface area contributed by atoms with E-state index in [9.17, 15) is 22.4 Å². The van der Waals surface area contributed by atoms with Crippen LogP contribution in [0.15, 0.2) is 18.2 Å². The van der Waals surface area contributed by atoms with Crippen molar-refractivity contribution in [3.05, 3.63) is 29.6 Å². The monoisotopic (exact) mass is 223 g/mol. The Bertz CT molecular complexity index is 389. The molecule has 0 heterocycles. The van der Waals surface area contributed by atoms with Gasteiger partial charge in [-0.05, 0) is 12.1 Å². The van der Waals surface area contributed by atoms with Gasteiger partial charge in [0.2, 0.25) is 5.91 Å². The lowest BCUT2D eigenvalue weighted by molar-refractivity contribution is -0.274. The van der Waals surface area contributed by atoms with Gasteiger partial charge in [0.15, 0.2) is 0 Å². The standard InChI is InChI=1S/C8H5F4NO2/c9-5-1-4(7(13)14)2-6(3-5)15-8(10,11)12/h1-3H,(H2,13,14). The highest BCUT2D eigenvalue weighted by Gasteiger charge is 2.31. The smallest absolute Gasteiger partial charge is 0.406 e. The maximum absolute atomic E-state index is 12.7. The third kappa shape index (κ3) is 3.45. The highest BCUT2D eigenvalue weighted by Crippen LogP contribution is 2.24. The van der Waals surface area contributed by atoms with Crippen molar-refractivity contribution in [1.82, 2.24) is 0 Å². The fourth-order valence-corrected chi connectivity index (χ4v) is 0.898.